The van der Waals surface area contributed by atoms with Gasteiger partial charge in [0.05, 0.1) is 18.1 Å². The maximum Gasteiger partial charge on any atom is 0.251 e. The topological polar surface area (TPSA) is 58.6 Å². The quantitative estimate of drug-likeness (QED) is 0.848. The van der Waals surface area contributed by atoms with E-state index in [0.717, 1.165) is 5.56 Å². The lowest BCUT2D eigenvalue weighted by Gasteiger charge is -2.39. The molecule has 0 atom stereocenters. The second kappa shape index (κ2) is 8.23. The predicted octanol–water partition coefficient (Wildman–Crippen LogP) is 2.92. The van der Waals surface area contributed by atoms with Gasteiger partial charge in [0.1, 0.15) is 11.9 Å². The SMILES string of the molecule is CNC(=O)c1cccc(CCC(=O)N2CC(Oc3ccccc3Cl)C2)c1. The van der Waals surface area contributed by atoms with Crippen LogP contribution < -0.4 is 10.1 Å². The van der Waals surface area contributed by atoms with Crippen molar-refractivity contribution in [3.8, 4) is 5.75 Å². The number of likely N-dealkylation sites (tertiary alicyclic amines) is 1. The van der Waals surface area contributed by atoms with Crippen molar-refractivity contribution in [3.63, 3.8) is 0 Å². The molecule has 0 unspecified atom stereocenters. The van der Waals surface area contributed by atoms with Crippen LogP contribution in [0.3, 0.4) is 0 Å². The van der Waals surface area contributed by atoms with Gasteiger partial charge in [-0.1, -0.05) is 35.9 Å². The molecule has 0 radical (unpaired) electrons. The van der Waals surface area contributed by atoms with Crippen LogP contribution in [0.25, 0.3) is 0 Å². The number of para-hydroxylation sites is 1. The summed E-state index contributed by atoms with van der Waals surface area (Å²) in [5, 5.41) is 3.18. The van der Waals surface area contributed by atoms with E-state index in [4.69, 9.17) is 16.3 Å². The Hall–Kier alpha value is -2.53. The smallest absolute Gasteiger partial charge is 0.251 e. The lowest BCUT2D eigenvalue weighted by molar-refractivity contribution is -0.139. The van der Waals surface area contributed by atoms with Gasteiger partial charge in [-0.15, -0.1) is 0 Å². The second-order valence-electron chi connectivity index (χ2n) is 6.25. The minimum Gasteiger partial charge on any atom is -0.485 e. The maximum atomic E-state index is 12.3. The number of rotatable bonds is 6. The normalized spacial score (nSPS) is 13.8. The highest BCUT2D eigenvalue weighted by atomic mass is 35.5. The van der Waals surface area contributed by atoms with Gasteiger partial charge in [-0.25, -0.2) is 0 Å². The first-order chi connectivity index (χ1) is 12.6. The molecule has 1 aliphatic heterocycles. The third-order valence-electron chi connectivity index (χ3n) is 4.37. The standard InChI is InChI=1S/C20H21ClN2O3/c1-22-20(25)15-6-4-5-14(11-15)9-10-19(24)23-12-16(13-23)26-18-8-3-2-7-17(18)21/h2-8,11,16H,9-10,12-13H2,1H3,(H,22,25). The lowest BCUT2D eigenvalue weighted by atomic mass is 10.0. The van der Waals surface area contributed by atoms with Gasteiger partial charge >= 0.3 is 0 Å². The molecular weight excluding hydrogens is 352 g/mol. The minimum absolute atomic E-state index is 0.0181. The maximum absolute atomic E-state index is 12.3. The van der Waals surface area contributed by atoms with Gasteiger partial charge in [-0.2, -0.15) is 0 Å². The van der Waals surface area contributed by atoms with E-state index >= 15 is 0 Å². The highest BCUT2D eigenvalue weighted by molar-refractivity contribution is 6.32. The van der Waals surface area contributed by atoms with E-state index < -0.39 is 0 Å². The molecule has 6 heteroatoms. The number of nitrogens with one attached hydrogen (secondary N) is 1. The monoisotopic (exact) mass is 372 g/mol. The molecule has 0 bridgehead atoms. The summed E-state index contributed by atoms with van der Waals surface area (Å²) in [4.78, 5) is 25.8. The number of carbonyl (C=O) groups is 2. The van der Waals surface area contributed by atoms with Crippen LogP contribution >= 0.6 is 11.6 Å². The molecule has 0 spiro atoms. The second-order valence-corrected chi connectivity index (χ2v) is 6.66. The Morgan fingerprint density at radius 3 is 2.69 bits per heavy atom. The van der Waals surface area contributed by atoms with Gasteiger partial charge in [0.25, 0.3) is 5.91 Å². The average Bonchev–Trinajstić information content (AvgIpc) is 2.63. The molecule has 2 aromatic rings. The molecule has 1 saturated heterocycles. The van der Waals surface area contributed by atoms with Crippen LogP contribution in [0.4, 0.5) is 0 Å². The molecule has 1 N–H and O–H groups in total. The Labute approximate surface area is 157 Å². The van der Waals surface area contributed by atoms with E-state index in [1.54, 1.807) is 24.1 Å². The van der Waals surface area contributed by atoms with Crippen molar-refractivity contribution in [1.82, 2.24) is 10.2 Å². The van der Waals surface area contributed by atoms with Crippen LogP contribution in [-0.2, 0) is 11.2 Å². The highest BCUT2D eigenvalue weighted by Gasteiger charge is 2.32. The van der Waals surface area contributed by atoms with Crippen molar-refractivity contribution in [2.24, 2.45) is 0 Å². The van der Waals surface area contributed by atoms with Crippen LogP contribution in [0.15, 0.2) is 48.5 Å². The zero-order valence-corrected chi connectivity index (χ0v) is 15.3. The van der Waals surface area contributed by atoms with Gasteiger partial charge in [0.15, 0.2) is 0 Å². The summed E-state index contributed by atoms with van der Waals surface area (Å²) in [7, 11) is 1.60. The van der Waals surface area contributed by atoms with E-state index in [-0.39, 0.29) is 17.9 Å². The lowest BCUT2D eigenvalue weighted by Crippen LogP contribution is -2.56. The largest absolute Gasteiger partial charge is 0.485 e. The van der Waals surface area contributed by atoms with Gasteiger partial charge < -0.3 is 15.0 Å². The van der Waals surface area contributed by atoms with Crippen LogP contribution in [0.5, 0.6) is 5.75 Å². The average molecular weight is 373 g/mol. The predicted molar refractivity (Wildman–Crippen MR) is 101 cm³/mol. The third-order valence-corrected chi connectivity index (χ3v) is 4.69. The number of nitrogens with zero attached hydrogens (tertiary/aromatic N) is 1. The van der Waals surface area contributed by atoms with Crippen molar-refractivity contribution < 1.29 is 14.3 Å². The molecule has 0 aromatic heterocycles. The van der Waals surface area contributed by atoms with Gasteiger partial charge in [-0.3, -0.25) is 9.59 Å². The molecule has 136 valence electrons. The highest BCUT2D eigenvalue weighted by Crippen LogP contribution is 2.26. The number of halogens is 1. The summed E-state index contributed by atoms with van der Waals surface area (Å²) in [5.74, 6) is 0.618. The summed E-state index contributed by atoms with van der Waals surface area (Å²) < 4.78 is 5.81. The van der Waals surface area contributed by atoms with Crippen LogP contribution in [-0.4, -0.2) is 43.0 Å². The van der Waals surface area contributed by atoms with Crippen molar-refractivity contribution >= 4 is 23.4 Å². The summed E-state index contributed by atoms with van der Waals surface area (Å²) in [6.07, 6.45) is 1.00. The van der Waals surface area contributed by atoms with Crippen molar-refractivity contribution in [3.05, 3.63) is 64.7 Å². The Bertz CT molecular complexity index is 803. The summed E-state index contributed by atoms with van der Waals surface area (Å²) in [6.45, 7) is 1.14. The van der Waals surface area contributed by atoms with E-state index in [1.165, 1.54) is 0 Å². The van der Waals surface area contributed by atoms with Crippen LogP contribution in [0, 0.1) is 0 Å². The first-order valence-corrected chi connectivity index (χ1v) is 8.94. The molecular formula is C20H21ClN2O3. The molecule has 1 heterocycles. The molecule has 3 rings (SSSR count). The van der Waals surface area contributed by atoms with E-state index in [0.29, 0.717) is 42.3 Å². The van der Waals surface area contributed by atoms with Gasteiger partial charge in [-0.05, 0) is 36.2 Å². The number of carbonyl (C=O) groups excluding carboxylic acids is 2. The van der Waals surface area contributed by atoms with Crippen molar-refractivity contribution in [1.29, 1.82) is 0 Å². The Balaban J connectivity index is 1.46. The fourth-order valence-electron chi connectivity index (χ4n) is 2.86. The van der Waals surface area contributed by atoms with Crippen molar-refractivity contribution in [2.75, 3.05) is 20.1 Å². The van der Waals surface area contributed by atoms with Gasteiger partial charge in [0.2, 0.25) is 5.91 Å². The van der Waals surface area contributed by atoms with Crippen molar-refractivity contribution in [2.45, 2.75) is 18.9 Å². The minimum atomic E-state index is -0.125. The van der Waals surface area contributed by atoms with E-state index in [1.807, 2.05) is 36.4 Å². The molecule has 2 aromatic carbocycles. The molecule has 2 amide bonds. The van der Waals surface area contributed by atoms with Gasteiger partial charge in [0, 0.05) is 19.0 Å². The first kappa shape index (κ1) is 18.3. The molecule has 5 nitrogen and oxygen atoms in total. The fraction of sp³-hybridized carbons (Fsp3) is 0.300. The van der Waals surface area contributed by atoms with Crippen LogP contribution in [0.1, 0.15) is 22.3 Å². The molecule has 0 saturated carbocycles. The first-order valence-electron chi connectivity index (χ1n) is 8.57. The number of benzene rings is 2. The summed E-state index contributed by atoms with van der Waals surface area (Å²) in [6, 6.07) is 14.7. The number of amides is 2. The number of hydrogen-bond donors (Lipinski definition) is 1. The Morgan fingerprint density at radius 2 is 1.96 bits per heavy atom. The number of hydrogen-bond acceptors (Lipinski definition) is 3. The Morgan fingerprint density at radius 1 is 1.19 bits per heavy atom. The van der Waals surface area contributed by atoms with Crippen LogP contribution in [0.2, 0.25) is 5.02 Å². The molecule has 1 aliphatic rings. The molecule has 0 aliphatic carbocycles. The third kappa shape index (κ3) is 4.35. The fourth-order valence-corrected chi connectivity index (χ4v) is 3.04. The van der Waals surface area contributed by atoms with E-state index in [9.17, 15) is 9.59 Å². The zero-order valence-electron chi connectivity index (χ0n) is 14.6. The molecule has 26 heavy (non-hydrogen) atoms. The van der Waals surface area contributed by atoms with E-state index in [2.05, 4.69) is 5.32 Å². The number of ether oxygens (including phenoxy) is 1. The number of aryl methyl sites for hydroxylation is 1. The zero-order chi connectivity index (χ0) is 18.5. The summed E-state index contributed by atoms with van der Waals surface area (Å²) in [5.41, 5.74) is 1.58. The molecule has 1 fully saturated rings. The Kier molecular flexibility index (Phi) is 5.78. The summed E-state index contributed by atoms with van der Waals surface area (Å²) >= 11 is 6.08.